The van der Waals surface area contributed by atoms with E-state index in [1.54, 1.807) is 31.4 Å². The van der Waals surface area contributed by atoms with Crippen molar-refractivity contribution < 1.29 is 13.6 Å². The number of imidazole rings is 1. The van der Waals surface area contributed by atoms with Gasteiger partial charge in [0.1, 0.15) is 0 Å². The van der Waals surface area contributed by atoms with Crippen molar-refractivity contribution in [2.24, 2.45) is 13.0 Å². The van der Waals surface area contributed by atoms with Gasteiger partial charge in [0.2, 0.25) is 5.92 Å². The molecule has 0 radical (unpaired) electrons. The average molecular weight is 421 g/mol. The number of nitrogens with one attached hydrogen (secondary N) is 2. The predicted molar refractivity (Wildman–Crippen MR) is 108 cm³/mol. The quantitative estimate of drug-likeness (QED) is 0.641. The van der Waals surface area contributed by atoms with Crippen LogP contribution >= 0.6 is 11.3 Å². The van der Waals surface area contributed by atoms with E-state index in [2.05, 4.69) is 15.3 Å². The summed E-state index contributed by atoms with van der Waals surface area (Å²) in [5.74, 6) is -2.78. The number of carbonyl (C=O) groups excluding carboxylic acids is 1. The summed E-state index contributed by atoms with van der Waals surface area (Å²) in [6, 6.07) is 5.05. The molecule has 4 rings (SSSR count). The Morgan fingerprint density at radius 1 is 1.45 bits per heavy atom. The van der Waals surface area contributed by atoms with E-state index in [0.717, 1.165) is 15.5 Å². The van der Waals surface area contributed by atoms with Gasteiger partial charge >= 0.3 is 5.69 Å². The first-order valence-corrected chi connectivity index (χ1v) is 10.0. The Morgan fingerprint density at radius 3 is 2.93 bits per heavy atom. The molecule has 1 aliphatic carbocycles. The number of H-pyrrole nitrogens is 1. The number of rotatable bonds is 6. The minimum absolute atomic E-state index is 0.0126. The fraction of sp³-hybridized carbons (Fsp3) is 0.421. The van der Waals surface area contributed by atoms with E-state index < -0.39 is 5.92 Å². The van der Waals surface area contributed by atoms with Crippen molar-refractivity contribution in [2.75, 3.05) is 18.5 Å². The third kappa shape index (κ3) is 4.02. The molecule has 10 heteroatoms. The number of benzene rings is 1. The molecule has 154 valence electrons. The van der Waals surface area contributed by atoms with Crippen LogP contribution in [-0.4, -0.2) is 40.0 Å². The molecule has 2 N–H and O–H groups in total. The second-order valence-corrected chi connectivity index (χ2v) is 8.62. The highest BCUT2D eigenvalue weighted by atomic mass is 32.1. The van der Waals surface area contributed by atoms with Gasteiger partial charge in [0.25, 0.3) is 5.91 Å². The molecule has 1 fully saturated rings. The molecule has 2 heterocycles. The van der Waals surface area contributed by atoms with Crippen LogP contribution in [0.25, 0.3) is 11.0 Å². The van der Waals surface area contributed by atoms with E-state index in [-0.39, 0.29) is 30.4 Å². The van der Waals surface area contributed by atoms with Crippen LogP contribution in [0.1, 0.15) is 28.1 Å². The second kappa shape index (κ2) is 7.25. The van der Waals surface area contributed by atoms with E-state index in [1.807, 2.05) is 11.9 Å². The van der Waals surface area contributed by atoms with Crippen molar-refractivity contribution >= 4 is 33.4 Å². The van der Waals surface area contributed by atoms with Gasteiger partial charge in [-0.1, -0.05) is 0 Å². The first-order valence-electron chi connectivity index (χ1n) is 9.22. The summed E-state index contributed by atoms with van der Waals surface area (Å²) in [6.07, 6.45) is 1.55. The van der Waals surface area contributed by atoms with Crippen molar-refractivity contribution in [3.05, 3.63) is 45.3 Å². The second-order valence-electron chi connectivity index (χ2n) is 7.52. The minimum Gasteiger partial charge on any atom is -0.351 e. The summed E-state index contributed by atoms with van der Waals surface area (Å²) in [5, 5.41) is 3.59. The van der Waals surface area contributed by atoms with Crippen molar-refractivity contribution in [1.82, 2.24) is 19.9 Å². The Balaban J connectivity index is 1.34. The molecule has 1 aromatic carbocycles. The molecule has 0 spiro atoms. The summed E-state index contributed by atoms with van der Waals surface area (Å²) in [4.78, 5) is 33.9. The van der Waals surface area contributed by atoms with Crippen LogP contribution in [0, 0.1) is 5.92 Å². The Kier molecular flexibility index (Phi) is 4.89. The standard InChI is InChI=1S/C19H21F2N5O2S/c1-25(10-11-6-19(20,21)7-11)18-23-9-13(29-18)8-22-16(27)12-3-4-15-14(5-12)24-17(28)26(15)2/h3-5,9,11H,6-8,10H2,1-2H3,(H,22,27)(H,24,28). The summed E-state index contributed by atoms with van der Waals surface area (Å²) in [6.45, 7) is 0.860. The lowest BCUT2D eigenvalue weighted by Gasteiger charge is -2.37. The maximum atomic E-state index is 13.0. The van der Waals surface area contributed by atoms with Gasteiger partial charge in [-0.2, -0.15) is 0 Å². The van der Waals surface area contributed by atoms with Crippen LogP contribution in [0.5, 0.6) is 0 Å². The number of anilines is 1. The zero-order chi connectivity index (χ0) is 20.8. The van der Waals surface area contributed by atoms with Gasteiger partial charge in [0.05, 0.1) is 17.6 Å². The van der Waals surface area contributed by atoms with Gasteiger partial charge in [-0.15, -0.1) is 11.3 Å². The molecular formula is C19H21F2N5O2S. The number of amides is 1. The number of nitrogens with zero attached hydrogens (tertiary/aromatic N) is 3. The number of alkyl halides is 2. The largest absolute Gasteiger partial charge is 0.351 e. The summed E-state index contributed by atoms with van der Waals surface area (Å²) in [5.41, 5.74) is 1.55. The first kappa shape index (κ1) is 19.6. The lowest BCUT2D eigenvalue weighted by Crippen LogP contribution is -2.41. The maximum absolute atomic E-state index is 13.0. The molecule has 0 bridgehead atoms. The predicted octanol–water partition coefficient (Wildman–Crippen LogP) is 2.73. The van der Waals surface area contributed by atoms with E-state index in [1.165, 1.54) is 15.9 Å². The van der Waals surface area contributed by atoms with E-state index >= 15 is 0 Å². The number of fused-ring (bicyclic) bond motifs is 1. The van der Waals surface area contributed by atoms with Crippen LogP contribution in [0.15, 0.2) is 29.2 Å². The van der Waals surface area contributed by atoms with Crippen molar-refractivity contribution in [3.63, 3.8) is 0 Å². The third-order valence-electron chi connectivity index (χ3n) is 5.16. The van der Waals surface area contributed by atoms with Gasteiger partial charge in [-0.05, 0) is 24.1 Å². The van der Waals surface area contributed by atoms with Crippen LogP contribution in [0.4, 0.5) is 13.9 Å². The molecule has 3 aromatic rings. The molecule has 29 heavy (non-hydrogen) atoms. The highest BCUT2D eigenvalue weighted by molar-refractivity contribution is 7.15. The number of carbonyl (C=O) groups is 1. The number of aromatic amines is 1. The summed E-state index contributed by atoms with van der Waals surface area (Å²) >= 11 is 1.42. The van der Waals surface area contributed by atoms with Gasteiger partial charge < -0.3 is 15.2 Å². The molecule has 1 saturated carbocycles. The molecule has 0 saturated heterocycles. The fourth-order valence-corrected chi connectivity index (χ4v) is 4.40. The maximum Gasteiger partial charge on any atom is 0.326 e. The Hall–Kier alpha value is -2.75. The molecule has 0 atom stereocenters. The molecule has 1 amide bonds. The summed E-state index contributed by atoms with van der Waals surface area (Å²) < 4.78 is 27.4. The SMILES string of the molecule is CN(CC1CC(F)(F)C1)c1ncc(CNC(=O)c2ccc3c(c2)[nH]c(=O)n3C)s1. The topological polar surface area (TPSA) is 83.0 Å². The molecular weight excluding hydrogens is 400 g/mol. The number of hydrogen-bond acceptors (Lipinski definition) is 5. The molecule has 2 aromatic heterocycles. The highest BCUT2D eigenvalue weighted by Crippen LogP contribution is 2.43. The first-order chi connectivity index (χ1) is 13.7. The average Bonchev–Trinajstić information content (AvgIpc) is 3.23. The normalized spacial score (nSPS) is 16.0. The van der Waals surface area contributed by atoms with Crippen LogP contribution < -0.4 is 15.9 Å². The number of thiazole rings is 1. The van der Waals surface area contributed by atoms with E-state index in [9.17, 15) is 18.4 Å². The van der Waals surface area contributed by atoms with Crippen LogP contribution in [0.3, 0.4) is 0 Å². The van der Waals surface area contributed by atoms with E-state index in [4.69, 9.17) is 0 Å². The minimum atomic E-state index is -2.51. The van der Waals surface area contributed by atoms with Crippen LogP contribution in [0.2, 0.25) is 0 Å². The van der Waals surface area contributed by atoms with E-state index in [0.29, 0.717) is 24.2 Å². The molecule has 0 unspecified atom stereocenters. The van der Waals surface area contributed by atoms with Crippen LogP contribution in [-0.2, 0) is 13.6 Å². The fourth-order valence-electron chi connectivity index (χ4n) is 3.58. The summed E-state index contributed by atoms with van der Waals surface area (Å²) in [7, 11) is 3.50. The van der Waals surface area contributed by atoms with Crippen molar-refractivity contribution in [2.45, 2.75) is 25.3 Å². The molecule has 7 nitrogen and oxygen atoms in total. The Labute approximate surface area is 169 Å². The van der Waals surface area contributed by atoms with Gasteiger partial charge in [-0.25, -0.2) is 18.6 Å². The number of aromatic nitrogens is 3. The number of halogens is 2. The monoisotopic (exact) mass is 421 g/mol. The lowest BCUT2D eigenvalue weighted by molar-refractivity contribution is -0.107. The van der Waals surface area contributed by atoms with Crippen molar-refractivity contribution in [3.8, 4) is 0 Å². The number of aryl methyl sites for hydroxylation is 1. The third-order valence-corrected chi connectivity index (χ3v) is 6.28. The highest BCUT2D eigenvalue weighted by Gasteiger charge is 2.45. The molecule has 0 aliphatic heterocycles. The number of hydrogen-bond donors (Lipinski definition) is 2. The van der Waals surface area contributed by atoms with Gasteiger partial charge in [-0.3, -0.25) is 9.36 Å². The molecule has 1 aliphatic rings. The van der Waals surface area contributed by atoms with Gasteiger partial charge in [0.15, 0.2) is 5.13 Å². The Bertz CT molecular complexity index is 1110. The zero-order valence-electron chi connectivity index (χ0n) is 16.0. The zero-order valence-corrected chi connectivity index (χ0v) is 16.9. The smallest absolute Gasteiger partial charge is 0.326 e. The Morgan fingerprint density at radius 2 is 2.21 bits per heavy atom. The lowest BCUT2D eigenvalue weighted by atomic mass is 9.81. The van der Waals surface area contributed by atoms with Crippen molar-refractivity contribution in [1.29, 1.82) is 0 Å². The van der Waals surface area contributed by atoms with Gasteiger partial charge in [0, 0.05) is 50.1 Å².